The molecule has 1 amide bonds. The number of halogens is 1. The smallest absolute Gasteiger partial charge is 0.228 e. The summed E-state index contributed by atoms with van der Waals surface area (Å²) in [6.45, 7) is 1.78. The number of hydrogen-bond acceptors (Lipinski definition) is 3. The molecular weight excluding hydrogens is 229 g/mol. The Bertz CT molecular complexity index is 384. The van der Waals surface area contributed by atoms with Crippen LogP contribution in [0.5, 0.6) is 5.75 Å². The summed E-state index contributed by atoms with van der Waals surface area (Å²) in [4.78, 5) is 11.6. The molecule has 0 saturated heterocycles. The first-order valence-electron chi connectivity index (χ1n) is 4.83. The van der Waals surface area contributed by atoms with Crippen molar-refractivity contribution in [1.82, 2.24) is 0 Å². The topological polar surface area (TPSA) is 49.3 Å². The molecule has 1 aromatic carbocycles. The van der Waals surface area contributed by atoms with E-state index < -0.39 is 5.82 Å². The van der Waals surface area contributed by atoms with Crippen LogP contribution in [-0.4, -0.2) is 23.0 Å². The van der Waals surface area contributed by atoms with Crippen molar-refractivity contribution in [3.05, 3.63) is 24.0 Å². The van der Waals surface area contributed by atoms with E-state index in [1.54, 1.807) is 18.7 Å². The van der Waals surface area contributed by atoms with Gasteiger partial charge in [-0.25, -0.2) is 4.39 Å². The normalized spacial score (nSPS) is 12.2. The van der Waals surface area contributed by atoms with Gasteiger partial charge in [-0.2, -0.15) is 11.8 Å². The number of benzene rings is 1. The summed E-state index contributed by atoms with van der Waals surface area (Å²) in [5.74, 6) is -0.355. The van der Waals surface area contributed by atoms with Gasteiger partial charge in [-0.1, -0.05) is 6.92 Å². The van der Waals surface area contributed by atoms with Crippen LogP contribution in [0.15, 0.2) is 18.2 Å². The Labute approximate surface area is 98.1 Å². The van der Waals surface area contributed by atoms with Crippen molar-refractivity contribution in [3.8, 4) is 5.75 Å². The first-order valence-corrected chi connectivity index (χ1v) is 6.22. The van der Waals surface area contributed by atoms with Crippen LogP contribution in [0.25, 0.3) is 0 Å². The SMILES string of the molecule is CSCC(C)C(=O)Nc1cc(F)ccc1O. The Morgan fingerprint density at radius 1 is 1.62 bits per heavy atom. The molecule has 0 aliphatic heterocycles. The summed E-state index contributed by atoms with van der Waals surface area (Å²) in [6.07, 6.45) is 1.91. The van der Waals surface area contributed by atoms with Crippen molar-refractivity contribution >= 4 is 23.4 Å². The summed E-state index contributed by atoms with van der Waals surface area (Å²) in [5.41, 5.74) is 0.109. The van der Waals surface area contributed by atoms with Gasteiger partial charge in [0.05, 0.1) is 5.69 Å². The van der Waals surface area contributed by atoms with Gasteiger partial charge in [-0.05, 0) is 18.4 Å². The molecule has 0 saturated carbocycles. The Morgan fingerprint density at radius 2 is 2.31 bits per heavy atom. The minimum atomic E-state index is -0.495. The predicted molar refractivity (Wildman–Crippen MR) is 64.2 cm³/mol. The minimum Gasteiger partial charge on any atom is -0.506 e. The highest BCUT2D eigenvalue weighted by atomic mass is 32.2. The molecule has 0 spiro atoms. The quantitative estimate of drug-likeness (QED) is 0.799. The molecule has 0 aromatic heterocycles. The number of aromatic hydroxyl groups is 1. The van der Waals surface area contributed by atoms with Crippen LogP contribution in [0.4, 0.5) is 10.1 Å². The zero-order chi connectivity index (χ0) is 12.1. The molecular formula is C11H14FNO2S. The molecule has 1 aromatic rings. The van der Waals surface area contributed by atoms with Crippen LogP contribution >= 0.6 is 11.8 Å². The van der Waals surface area contributed by atoms with Crippen molar-refractivity contribution in [3.63, 3.8) is 0 Å². The second kappa shape index (κ2) is 5.75. The van der Waals surface area contributed by atoms with E-state index in [2.05, 4.69) is 5.32 Å². The van der Waals surface area contributed by atoms with Gasteiger partial charge < -0.3 is 10.4 Å². The van der Waals surface area contributed by atoms with Gasteiger partial charge in [0.2, 0.25) is 5.91 Å². The van der Waals surface area contributed by atoms with Gasteiger partial charge in [-0.15, -0.1) is 0 Å². The van der Waals surface area contributed by atoms with Crippen LogP contribution in [0.1, 0.15) is 6.92 Å². The van der Waals surface area contributed by atoms with E-state index in [1.807, 2.05) is 6.26 Å². The molecule has 5 heteroatoms. The summed E-state index contributed by atoms with van der Waals surface area (Å²) in [7, 11) is 0. The predicted octanol–water partition coefficient (Wildman–Crippen LogP) is 2.47. The molecule has 3 nitrogen and oxygen atoms in total. The Kier molecular flexibility index (Phi) is 4.61. The van der Waals surface area contributed by atoms with Crippen LogP contribution in [-0.2, 0) is 4.79 Å². The largest absolute Gasteiger partial charge is 0.506 e. The van der Waals surface area contributed by atoms with E-state index in [0.29, 0.717) is 5.75 Å². The molecule has 2 N–H and O–H groups in total. The first kappa shape index (κ1) is 12.8. The van der Waals surface area contributed by atoms with Gasteiger partial charge in [0.25, 0.3) is 0 Å². The highest BCUT2D eigenvalue weighted by Crippen LogP contribution is 2.24. The summed E-state index contributed by atoms with van der Waals surface area (Å²) >= 11 is 1.56. The number of carbonyl (C=O) groups is 1. The Hall–Kier alpha value is -1.23. The monoisotopic (exact) mass is 243 g/mol. The van der Waals surface area contributed by atoms with Crippen LogP contribution in [0, 0.1) is 11.7 Å². The van der Waals surface area contributed by atoms with Gasteiger partial charge in [-0.3, -0.25) is 4.79 Å². The maximum absolute atomic E-state index is 12.9. The van der Waals surface area contributed by atoms with Crippen LogP contribution in [0.3, 0.4) is 0 Å². The first-order chi connectivity index (χ1) is 7.54. The summed E-state index contributed by atoms with van der Waals surface area (Å²) in [6, 6.07) is 3.44. The fourth-order valence-corrected chi connectivity index (χ4v) is 1.84. The highest BCUT2D eigenvalue weighted by molar-refractivity contribution is 7.98. The number of carbonyl (C=O) groups excluding carboxylic acids is 1. The standard InChI is InChI=1S/C11H14FNO2S/c1-7(6-16-2)11(15)13-9-5-8(12)3-4-10(9)14/h3-5,7,14H,6H2,1-2H3,(H,13,15). The third-order valence-corrected chi connectivity index (χ3v) is 2.91. The molecule has 1 atom stereocenters. The average molecular weight is 243 g/mol. The maximum atomic E-state index is 12.9. The van der Waals surface area contributed by atoms with Gasteiger partial charge in [0, 0.05) is 17.7 Å². The number of thioether (sulfide) groups is 1. The average Bonchev–Trinajstić information content (AvgIpc) is 2.23. The maximum Gasteiger partial charge on any atom is 0.228 e. The minimum absolute atomic E-state index is 0.109. The lowest BCUT2D eigenvalue weighted by Gasteiger charge is -2.11. The summed E-state index contributed by atoms with van der Waals surface area (Å²) < 4.78 is 12.9. The number of nitrogens with one attached hydrogen (secondary N) is 1. The fourth-order valence-electron chi connectivity index (χ4n) is 1.19. The lowest BCUT2D eigenvalue weighted by molar-refractivity contribution is -0.118. The lowest BCUT2D eigenvalue weighted by atomic mass is 10.2. The highest BCUT2D eigenvalue weighted by Gasteiger charge is 2.14. The van der Waals surface area contributed by atoms with Gasteiger partial charge >= 0.3 is 0 Å². The van der Waals surface area contributed by atoms with E-state index >= 15 is 0 Å². The second-order valence-electron chi connectivity index (χ2n) is 3.51. The van der Waals surface area contributed by atoms with Crippen molar-refractivity contribution in [1.29, 1.82) is 0 Å². The molecule has 0 aliphatic carbocycles. The zero-order valence-electron chi connectivity index (χ0n) is 9.16. The van der Waals surface area contributed by atoms with E-state index in [4.69, 9.17) is 0 Å². The van der Waals surface area contributed by atoms with Crippen LogP contribution < -0.4 is 5.32 Å². The lowest BCUT2D eigenvalue weighted by Crippen LogP contribution is -2.22. The van der Waals surface area contributed by atoms with Crippen LogP contribution in [0.2, 0.25) is 0 Å². The molecule has 16 heavy (non-hydrogen) atoms. The molecule has 0 aliphatic rings. The van der Waals surface area contributed by atoms with E-state index in [0.717, 1.165) is 12.1 Å². The number of phenols is 1. The molecule has 88 valence electrons. The second-order valence-corrected chi connectivity index (χ2v) is 4.42. The molecule has 1 rings (SSSR count). The number of anilines is 1. The van der Waals surface area contributed by atoms with Gasteiger partial charge in [0.1, 0.15) is 11.6 Å². The fraction of sp³-hybridized carbons (Fsp3) is 0.364. The van der Waals surface area contributed by atoms with Crippen molar-refractivity contribution < 1.29 is 14.3 Å². The number of phenolic OH excluding ortho intramolecular Hbond substituents is 1. The molecule has 0 bridgehead atoms. The van der Waals surface area contributed by atoms with E-state index in [-0.39, 0.29) is 23.3 Å². The van der Waals surface area contributed by atoms with Crippen molar-refractivity contribution in [2.45, 2.75) is 6.92 Å². The van der Waals surface area contributed by atoms with Crippen molar-refractivity contribution in [2.24, 2.45) is 5.92 Å². The van der Waals surface area contributed by atoms with E-state index in [9.17, 15) is 14.3 Å². The number of amides is 1. The zero-order valence-corrected chi connectivity index (χ0v) is 9.97. The number of rotatable bonds is 4. The van der Waals surface area contributed by atoms with E-state index in [1.165, 1.54) is 6.07 Å². The third kappa shape index (κ3) is 3.41. The Morgan fingerprint density at radius 3 is 2.94 bits per heavy atom. The Balaban J connectivity index is 2.72. The van der Waals surface area contributed by atoms with Gasteiger partial charge in [0.15, 0.2) is 0 Å². The molecule has 0 heterocycles. The molecule has 0 radical (unpaired) electrons. The molecule has 1 unspecified atom stereocenters. The summed E-state index contributed by atoms with van der Waals surface area (Å²) in [5, 5.41) is 11.9. The number of hydrogen-bond donors (Lipinski definition) is 2. The third-order valence-electron chi connectivity index (χ3n) is 2.08. The molecule has 0 fully saturated rings. The van der Waals surface area contributed by atoms with Crippen molar-refractivity contribution in [2.75, 3.05) is 17.3 Å².